The van der Waals surface area contributed by atoms with Crippen molar-refractivity contribution < 1.29 is 18.0 Å². The van der Waals surface area contributed by atoms with Crippen molar-refractivity contribution in [2.24, 2.45) is 5.92 Å². The Balaban J connectivity index is 1.34. The van der Waals surface area contributed by atoms with E-state index in [0.717, 1.165) is 48.8 Å². The average molecular weight is 457 g/mol. The topological polar surface area (TPSA) is 52.2 Å². The zero-order chi connectivity index (χ0) is 23.2. The van der Waals surface area contributed by atoms with E-state index < -0.39 is 11.7 Å². The maximum Gasteiger partial charge on any atom is 0.417 e. The summed E-state index contributed by atoms with van der Waals surface area (Å²) in [5, 5.41) is 1.15. The summed E-state index contributed by atoms with van der Waals surface area (Å²) in [4.78, 5) is 24.8. The Labute approximate surface area is 190 Å². The van der Waals surface area contributed by atoms with Gasteiger partial charge in [-0.15, -0.1) is 0 Å². The highest BCUT2D eigenvalue weighted by atomic mass is 19.4. The van der Waals surface area contributed by atoms with E-state index in [4.69, 9.17) is 0 Å². The van der Waals surface area contributed by atoms with Crippen molar-refractivity contribution in [1.29, 1.82) is 0 Å². The van der Waals surface area contributed by atoms with Crippen LogP contribution in [0.5, 0.6) is 0 Å². The number of para-hydroxylation sites is 1. The van der Waals surface area contributed by atoms with Gasteiger partial charge in [-0.3, -0.25) is 4.79 Å². The molecule has 3 heterocycles. The van der Waals surface area contributed by atoms with Crippen LogP contribution in [-0.2, 0) is 19.0 Å². The maximum absolute atomic E-state index is 13.5. The van der Waals surface area contributed by atoms with Gasteiger partial charge in [-0.05, 0) is 55.4 Å². The average Bonchev–Trinajstić information content (AvgIpc) is 2.99. The number of hydrogen-bond acceptors (Lipinski definition) is 3. The van der Waals surface area contributed by atoms with Gasteiger partial charge in [0.1, 0.15) is 5.82 Å². The number of benzene rings is 1. The number of H-pyrrole nitrogens is 1. The van der Waals surface area contributed by atoms with E-state index in [2.05, 4.69) is 23.0 Å². The van der Waals surface area contributed by atoms with Crippen molar-refractivity contribution in [1.82, 2.24) is 14.9 Å². The first kappa shape index (κ1) is 21.8. The number of carbonyl (C=O) groups excluding carboxylic acids is 1. The highest BCUT2D eigenvalue weighted by Crippen LogP contribution is 2.33. The van der Waals surface area contributed by atoms with Gasteiger partial charge in [0.2, 0.25) is 0 Å². The number of anilines is 1. The molecule has 0 spiro atoms. The molecule has 0 radical (unpaired) electrons. The smallest absolute Gasteiger partial charge is 0.358 e. The molecule has 1 atom stereocenters. The van der Waals surface area contributed by atoms with Gasteiger partial charge in [-0.25, -0.2) is 4.98 Å². The first-order chi connectivity index (χ1) is 15.8. The molecule has 0 saturated carbocycles. The molecule has 3 aromatic rings. The number of nitrogens with one attached hydrogen (secondary N) is 1. The Morgan fingerprint density at radius 3 is 2.73 bits per heavy atom. The number of aromatic amines is 1. The van der Waals surface area contributed by atoms with Crippen molar-refractivity contribution >= 4 is 22.6 Å². The zero-order valence-electron chi connectivity index (χ0n) is 18.6. The van der Waals surface area contributed by atoms with Gasteiger partial charge in [0.15, 0.2) is 0 Å². The summed E-state index contributed by atoms with van der Waals surface area (Å²) in [5.74, 6) is 1.14. The Morgan fingerprint density at radius 1 is 1.12 bits per heavy atom. The second kappa shape index (κ2) is 8.39. The lowest BCUT2D eigenvalue weighted by Crippen LogP contribution is -2.35. The van der Waals surface area contributed by atoms with Gasteiger partial charge < -0.3 is 14.8 Å². The number of amides is 1. The molecule has 174 valence electrons. The number of alkyl halides is 3. The number of nitrogens with zero attached hydrogens (tertiary/aromatic N) is 3. The van der Waals surface area contributed by atoms with E-state index in [1.165, 1.54) is 17.3 Å². The van der Waals surface area contributed by atoms with Crippen LogP contribution < -0.4 is 4.90 Å². The summed E-state index contributed by atoms with van der Waals surface area (Å²) in [7, 11) is 0. The van der Waals surface area contributed by atoms with E-state index in [0.29, 0.717) is 43.5 Å². The number of aromatic nitrogens is 2. The third-order valence-corrected chi connectivity index (χ3v) is 6.88. The molecule has 33 heavy (non-hydrogen) atoms. The fourth-order valence-electron chi connectivity index (χ4n) is 5.05. The lowest BCUT2D eigenvalue weighted by molar-refractivity contribution is -0.137. The van der Waals surface area contributed by atoms with Crippen LogP contribution in [0.2, 0.25) is 0 Å². The number of hydrogen-bond donors (Lipinski definition) is 1. The van der Waals surface area contributed by atoms with E-state index in [1.54, 1.807) is 0 Å². The fourth-order valence-corrected chi connectivity index (χ4v) is 5.05. The van der Waals surface area contributed by atoms with E-state index >= 15 is 0 Å². The van der Waals surface area contributed by atoms with Gasteiger partial charge in [0.25, 0.3) is 5.91 Å². The molecule has 0 bridgehead atoms. The monoisotopic (exact) mass is 456 g/mol. The van der Waals surface area contributed by atoms with Crippen LogP contribution in [0.15, 0.2) is 36.5 Å². The molecule has 1 N–H and O–H groups in total. The van der Waals surface area contributed by atoms with Crippen LogP contribution in [0.4, 0.5) is 19.0 Å². The predicted octanol–water partition coefficient (Wildman–Crippen LogP) is 5.06. The lowest BCUT2D eigenvalue weighted by atomic mass is 9.87. The quantitative estimate of drug-likeness (QED) is 0.587. The Hall–Kier alpha value is -3.03. The summed E-state index contributed by atoms with van der Waals surface area (Å²) < 4.78 is 38.5. The van der Waals surface area contributed by atoms with Crippen molar-refractivity contribution in [3.05, 3.63) is 58.9 Å². The largest absolute Gasteiger partial charge is 0.417 e. The molecule has 1 aromatic carbocycles. The van der Waals surface area contributed by atoms with Crippen LogP contribution >= 0.6 is 0 Å². The summed E-state index contributed by atoms with van der Waals surface area (Å²) in [6.07, 6.45) is 0.400. The summed E-state index contributed by atoms with van der Waals surface area (Å²) in [6, 6.07) is 8.41. The van der Waals surface area contributed by atoms with Crippen LogP contribution in [0.1, 0.15) is 46.9 Å². The summed E-state index contributed by atoms with van der Waals surface area (Å²) in [5.41, 5.74) is 3.45. The molecule has 1 aliphatic heterocycles. The zero-order valence-corrected chi connectivity index (χ0v) is 18.6. The third-order valence-electron chi connectivity index (χ3n) is 6.88. The number of aryl methyl sites for hydroxylation is 1. The first-order valence-electron chi connectivity index (χ1n) is 11.5. The van der Waals surface area contributed by atoms with Crippen LogP contribution in [0.3, 0.4) is 0 Å². The minimum absolute atomic E-state index is 0.00512. The molecule has 1 amide bonds. The highest BCUT2D eigenvalue weighted by Gasteiger charge is 2.31. The Morgan fingerprint density at radius 2 is 1.97 bits per heavy atom. The van der Waals surface area contributed by atoms with Crippen LogP contribution in [-0.4, -0.2) is 47.0 Å². The molecule has 8 heteroatoms. The Bertz CT molecular complexity index is 1170. The first-order valence-corrected chi connectivity index (χ1v) is 11.5. The van der Waals surface area contributed by atoms with E-state index in [1.807, 2.05) is 21.9 Å². The second-order valence-electron chi connectivity index (χ2n) is 9.19. The predicted molar refractivity (Wildman–Crippen MR) is 121 cm³/mol. The van der Waals surface area contributed by atoms with Crippen molar-refractivity contribution in [2.75, 3.05) is 31.1 Å². The number of carbonyl (C=O) groups is 1. The van der Waals surface area contributed by atoms with E-state index in [9.17, 15) is 18.0 Å². The summed E-state index contributed by atoms with van der Waals surface area (Å²) in [6.45, 7) is 4.53. The normalized spacial score (nSPS) is 19.5. The number of pyridine rings is 1. The molecular formula is C25H27F3N4O. The molecule has 1 fully saturated rings. The van der Waals surface area contributed by atoms with Gasteiger partial charge >= 0.3 is 6.18 Å². The van der Waals surface area contributed by atoms with Gasteiger partial charge in [0.05, 0.1) is 16.6 Å². The molecule has 5 rings (SSSR count). The molecule has 1 saturated heterocycles. The van der Waals surface area contributed by atoms with Crippen LogP contribution in [0.25, 0.3) is 10.9 Å². The minimum Gasteiger partial charge on any atom is -0.358 e. The standard InChI is InChI=1S/C25H27F3N4O/c1-16-6-8-21-20(14-16)18-4-2-5-19(23(18)30-21)24(33)32-11-3-10-31(12-13-32)22-9-7-17(15-29-22)25(26,27)28/h2,4-5,7,9,15-16,30H,3,6,8,10-14H2,1H3. The number of halogens is 3. The Kier molecular flexibility index (Phi) is 5.54. The fraction of sp³-hybridized carbons (Fsp3) is 0.440. The maximum atomic E-state index is 13.5. The highest BCUT2D eigenvalue weighted by molar-refractivity contribution is 6.06. The molecule has 1 unspecified atom stereocenters. The van der Waals surface area contributed by atoms with Crippen molar-refractivity contribution in [2.45, 2.75) is 38.8 Å². The third kappa shape index (κ3) is 4.18. The van der Waals surface area contributed by atoms with Crippen molar-refractivity contribution in [3.63, 3.8) is 0 Å². The summed E-state index contributed by atoms with van der Waals surface area (Å²) >= 11 is 0. The molecule has 2 aromatic heterocycles. The van der Waals surface area contributed by atoms with Gasteiger partial charge in [0, 0.05) is 43.5 Å². The second-order valence-corrected chi connectivity index (χ2v) is 9.19. The van der Waals surface area contributed by atoms with Gasteiger partial charge in [-0.2, -0.15) is 13.2 Å². The minimum atomic E-state index is -4.40. The van der Waals surface area contributed by atoms with Crippen LogP contribution in [0, 0.1) is 5.92 Å². The van der Waals surface area contributed by atoms with E-state index in [-0.39, 0.29) is 5.91 Å². The molecule has 2 aliphatic rings. The van der Waals surface area contributed by atoms with Gasteiger partial charge in [-0.1, -0.05) is 19.1 Å². The molecular weight excluding hydrogens is 429 g/mol. The molecule has 5 nitrogen and oxygen atoms in total. The number of rotatable bonds is 2. The SMILES string of the molecule is CC1CCc2[nH]c3c(C(=O)N4CCCN(c5ccc(C(F)(F)F)cn5)CC4)cccc3c2C1. The lowest BCUT2D eigenvalue weighted by Gasteiger charge is -2.23. The number of fused-ring (bicyclic) bond motifs is 3. The molecule has 1 aliphatic carbocycles. The van der Waals surface area contributed by atoms with Crippen molar-refractivity contribution in [3.8, 4) is 0 Å².